The Hall–Kier alpha value is -2.47. The van der Waals surface area contributed by atoms with Crippen molar-refractivity contribution >= 4 is 12.2 Å². The second kappa shape index (κ2) is 5.49. The van der Waals surface area contributed by atoms with Crippen LogP contribution in [0.5, 0.6) is 5.75 Å². The van der Waals surface area contributed by atoms with Crippen LogP contribution < -0.4 is 4.74 Å². The molecule has 0 saturated heterocycles. The van der Waals surface area contributed by atoms with Gasteiger partial charge in [0.25, 0.3) is 0 Å². The molecule has 6 heteroatoms. The SMILES string of the molecule is COc1cccc(-n2c(-c3ccc(F)cc3)n[nH]c2=S)c1. The lowest BCUT2D eigenvalue weighted by Crippen LogP contribution is -1.98. The standard InChI is InChI=1S/C15H12FN3OS/c1-20-13-4-2-3-12(9-13)19-14(17-18-15(19)21)10-5-7-11(16)8-6-10/h2-9H,1H3,(H,18,21). The molecule has 3 aromatic rings. The highest BCUT2D eigenvalue weighted by atomic mass is 32.1. The van der Waals surface area contributed by atoms with Gasteiger partial charge in [0, 0.05) is 11.6 Å². The normalized spacial score (nSPS) is 10.6. The number of aromatic nitrogens is 3. The van der Waals surface area contributed by atoms with E-state index < -0.39 is 0 Å². The Labute approximate surface area is 125 Å². The van der Waals surface area contributed by atoms with Gasteiger partial charge in [0.15, 0.2) is 10.6 Å². The van der Waals surface area contributed by atoms with Gasteiger partial charge in [-0.2, -0.15) is 5.10 Å². The molecule has 4 nitrogen and oxygen atoms in total. The molecule has 1 heterocycles. The fraction of sp³-hybridized carbons (Fsp3) is 0.0667. The minimum absolute atomic E-state index is 0.291. The van der Waals surface area contributed by atoms with E-state index in [0.717, 1.165) is 17.0 Å². The van der Waals surface area contributed by atoms with Crippen LogP contribution in [0.15, 0.2) is 48.5 Å². The van der Waals surface area contributed by atoms with Crippen LogP contribution in [0.1, 0.15) is 0 Å². The van der Waals surface area contributed by atoms with Crippen molar-refractivity contribution < 1.29 is 9.13 Å². The lowest BCUT2D eigenvalue weighted by molar-refractivity contribution is 0.414. The number of methoxy groups -OCH3 is 1. The topological polar surface area (TPSA) is 42.8 Å². The van der Waals surface area contributed by atoms with Gasteiger partial charge in [-0.15, -0.1) is 0 Å². The third-order valence-corrected chi connectivity index (χ3v) is 3.36. The van der Waals surface area contributed by atoms with E-state index in [1.165, 1.54) is 12.1 Å². The average molecular weight is 301 g/mol. The van der Waals surface area contributed by atoms with Crippen LogP contribution in [0.3, 0.4) is 0 Å². The Morgan fingerprint density at radius 3 is 2.67 bits per heavy atom. The van der Waals surface area contributed by atoms with Crippen molar-refractivity contribution in [2.24, 2.45) is 0 Å². The van der Waals surface area contributed by atoms with Crippen LogP contribution in [0, 0.1) is 10.6 Å². The number of rotatable bonds is 3. The molecule has 0 saturated carbocycles. The van der Waals surface area contributed by atoms with Gasteiger partial charge in [-0.1, -0.05) is 6.07 Å². The number of aromatic amines is 1. The maximum Gasteiger partial charge on any atom is 0.200 e. The maximum atomic E-state index is 13.1. The summed E-state index contributed by atoms with van der Waals surface area (Å²) in [7, 11) is 1.61. The molecule has 0 aliphatic carbocycles. The maximum absolute atomic E-state index is 13.1. The quantitative estimate of drug-likeness (QED) is 0.749. The molecule has 21 heavy (non-hydrogen) atoms. The van der Waals surface area contributed by atoms with E-state index in [1.807, 2.05) is 24.3 Å². The summed E-state index contributed by atoms with van der Waals surface area (Å²) < 4.78 is 20.5. The molecule has 0 fully saturated rings. The van der Waals surface area contributed by atoms with Gasteiger partial charge in [0.05, 0.1) is 12.8 Å². The monoisotopic (exact) mass is 301 g/mol. The molecule has 0 spiro atoms. The van der Waals surface area contributed by atoms with Crippen molar-refractivity contribution in [2.45, 2.75) is 0 Å². The number of nitrogens with zero attached hydrogens (tertiary/aromatic N) is 2. The van der Waals surface area contributed by atoms with Gasteiger partial charge in [-0.25, -0.2) is 4.39 Å². The Balaban J connectivity index is 2.17. The summed E-state index contributed by atoms with van der Waals surface area (Å²) in [5, 5.41) is 7.00. The van der Waals surface area contributed by atoms with E-state index in [1.54, 1.807) is 23.8 Å². The summed E-state index contributed by atoms with van der Waals surface area (Å²) in [5.41, 5.74) is 1.60. The fourth-order valence-corrected chi connectivity index (χ4v) is 2.32. The molecule has 0 atom stereocenters. The van der Waals surface area contributed by atoms with Crippen LogP contribution in [-0.4, -0.2) is 21.9 Å². The molecule has 0 unspecified atom stereocenters. The summed E-state index contributed by atoms with van der Waals surface area (Å²) in [6.07, 6.45) is 0. The number of ether oxygens (including phenoxy) is 1. The zero-order chi connectivity index (χ0) is 14.8. The summed E-state index contributed by atoms with van der Waals surface area (Å²) in [4.78, 5) is 0. The van der Waals surface area contributed by atoms with Crippen molar-refractivity contribution in [3.8, 4) is 22.8 Å². The third kappa shape index (κ3) is 2.57. The number of hydrogen-bond donors (Lipinski definition) is 1. The highest BCUT2D eigenvalue weighted by molar-refractivity contribution is 7.71. The lowest BCUT2D eigenvalue weighted by Gasteiger charge is -2.08. The number of nitrogens with one attached hydrogen (secondary N) is 1. The third-order valence-electron chi connectivity index (χ3n) is 3.09. The number of benzene rings is 2. The zero-order valence-corrected chi connectivity index (χ0v) is 12.0. The zero-order valence-electron chi connectivity index (χ0n) is 11.2. The molecule has 0 amide bonds. The first kappa shape index (κ1) is 13.5. The summed E-state index contributed by atoms with van der Waals surface area (Å²) in [5.74, 6) is 1.05. The van der Waals surface area contributed by atoms with E-state index >= 15 is 0 Å². The van der Waals surface area contributed by atoms with Gasteiger partial charge in [0.2, 0.25) is 0 Å². The number of hydrogen-bond acceptors (Lipinski definition) is 3. The minimum Gasteiger partial charge on any atom is -0.497 e. The molecule has 0 aliphatic heterocycles. The highest BCUT2D eigenvalue weighted by Crippen LogP contribution is 2.24. The summed E-state index contributed by atoms with van der Waals surface area (Å²) in [6.45, 7) is 0. The van der Waals surface area contributed by atoms with E-state index in [9.17, 15) is 4.39 Å². The molecule has 0 aliphatic rings. The molecule has 106 valence electrons. The molecule has 0 radical (unpaired) electrons. The Morgan fingerprint density at radius 1 is 1.19 bits per heavy atom. The van der Waals surface area contributed by atoms with Crippen molar-refractivity contribution in [2.75, 3.05) is 7.11 Å². The van der Waals surface area contributed by atoms with Gasteiger partial charge in [-0.3, -0.25) is 9.67 Å². The molecule has 1 N–H and O–H groups in total. The summed E-state index contributed by atoms with van der Waals surface area (Å²) >= 11 is 5.29. The average Bonchev–Trinajstić information content (AvgIpc) is 2.90. The molecular formula is C15H12FN3OS. The molecule has 3 rings (SSSR count). The number of halogens is 1. The van der Waals surface area contributed by atoms with Gasteiger partial charge >= 0.3 is 0 Å². The highest BCUT2D eigenvalue weighted by Gasteiger charge is 2.11. The van der Waals surface area contributed by atoms with Crippen LogP contribution in [-0.2, 0) is 0 Å². The number of H-pyrrole nitrogens is 1. The van der Waals surface area contributed by atoms with Gasteiger partial charge in [0.1, 0.15) is 11.6 Å². The van der Waals surface area contributed by atoms with Crippen molar-refractivity contribution in [3.63, 3.8) is 0 Å². The van der Waals surface area contributed by atoms with Gasteiger partial charge < -0.3 is 4.74 Å². The van der Waals surface area contributed by atoms with Crippen molar-refractivity contribution in [3.05, 3.63) is 59.1 Å². The first-order valence-corrected chi connectivity index (χ1v) is 6.67. The lowest BCUT2D eigenvalue weighted by atomic mass is 10.2. The molecule has 2 aromatic carbocycles. The molecule has 1 aromatic heterocycles. The van der Waals surface area contributed by atoms with Crippen LogP contribution in [0.2, 0.25) is 0 Å². The van der Waals surface area contributed by atoms with Crippen LogP contribution >= 0.6 is 12.2 Å². The van der Waals surface area contributed by atoms with E-state index in [2.05, 4.69) is 10.2 Å². The van der Waals surface area contributed by atoms with E-state index in [-0.39, 0.29) is 5.82 Å². The second-order valence-electron chi connectivity index (χ2n) is 4.40. The Kier molecular flexibility index (Phi) is 3.53. The largest absolute Gasteiger partial charge is 0.497 e. The van der Waals surface area contributed by atoms with Gasteiger partial charge in [-0.05, 0) is 48.6 Å². The Morgan fingerprint density at radius 2 is 1.95 bits per heavy atom. The first-order valence-electron chi connectivity index (χ1n) is 6.27. The van der Waals surface area contributed by atoms with Crippen molar-refractivity contribution in [1.82, 2.24) is 14.8 Å². The van der Waals surface area contributed by atoms with Crippen LogP contribution in [0.25, 0.3) is 17.1 Å². The predicted molar refractivity (Wildman–Crippen MR) is 80.7 cm³/mol. The van der Waals surface area contributed by atoms with E-state index in [4.69, 9.17) is 17.0 Å². The molecular weight excluding hydrogens is 289 g/mol. The minimum atomic E-state index is -0.291. The first-order chi connectivity index (χ1) is 10.2. The predicted octanol–water partition coefficient (Wildman–Crippen LogP) is 3.74. The van der Waals surface area contributed by atoms with Crippen molar-refractivity contribution in [1.29, 1.82) is 0 Å². The van der Waals surface area contributed by atoms with E-state index in [0.29, 0.717) is 10.6 Å². The fourth-order valence-electron chi connectivity index (χ4n) is 2.08. The molecule has 0 bridgehead atoms. The Bertz CT molecular complexity index is 823. The summed E-state index contributed by atoms with van der Waals surface area (Å²) in [6, 6.07) is 13.6. The smallest absolute Gasteiger partial charge is 0.200 e. The van der Waals surface area contributed by atoms with Crippen LogP contribution in [0.4, 0.5) is 4.39 Å². The second-order valence-corrected chi connectivity index (χ2v) is 4.78.